The molecule has 0 spiro atoms. The molecule has 0 N–H and O–H groups in total. The topological polar surface area (TPSA) is 59.0 Å². The summed E-state index contributed by atoms with van der Waals surface area (Å²) >= 11 is 6.02. The van der Waals surface area contributed by atoms with Gasteiger partial charge in [-0.15, -0.1) is 0 Å². The van der Waals surface area contributed by atoms with E-state index in [1.165, 1.54) is 0 Å². The maximum Gasteiger partial charge on any atom is 0.138 e. The van der Waals surface area contributed by atoms with E-state index >= 15 is 0 Å². The van der Waals surface area contributed by atoms with Gasteiger partial charge in [0.2, 0.25) is 0 Å². The zero-order valence-electron chi connectivity index (χ0n) is 12.1. The molecule has 5 heteroatoms. The van der Waals surface area contributed by atoms with Crippen LogP contribution in [-0.2, 0) is 0 Å². The largest absolute Gasteiger partial charge is 0.492 e. The first-order valence-electron chi connectivity index (χ1n) is 6.83. The van der Waals surface area contributed by atoms with Gasteiger partial charge >= 0.3 is 0 Å². The quantitative estimate of drug-likeness (QED) is 0.742. The van der Waals surface area contributed by atoms with Gasteiger partial charge in [0.1, 0.15) is 11.5 Å². The molecule has 1 unspecified atom stereocenters. The van der Waals surface area contributed by atoms with Crippen LogP contribution in [-0.4, -0.2) is 11.8 Å². The molecule has 0 radical (unpaired) electrons. The molecule has 4 nitrogen and oxygen atoms in total. The van der Waals surface area contributed by atoms with Crippen molar-refractivity contribution in [2.24, 2.45) is 0 Å². The third-order valence-electron chi connectivity index (χ3n) is 3.32. The monoisotopic (exact) mass is 304 g/mol. The van der Waals surface area contributed by atoms with Crippen LogP contribution < -0.4 is 4.74 Å². The second kappa shape index (κ2) is 7.14. The van der Waals surface area contributed by atoms with Crippen LogP contribution in [0.2, 0.25) is 5.02 Å². The fraction of sp³-hybridized carbons (Fsp3) is 0.375. The smallest absolute Gasteiger partial charge is 0.138 e. The van der Waals surface area contributed by atoms with E-state index in [-0.39, 0.29) is 5.92 Å². The number of hydrogen-bond donors (Lipinski definition) is 0. The Morgan fingerprint density at radius 2 is 2.14 bits per heavy atom. The summed E-state index contributed by atoms with van der Waals surface area (Å²) in [7, 11) is 0. The lowest BCUT2D eigenvalue weighted by Crippen LogP contribution is -2.03. The number of rotatable bonds is 6. The third-order valence-corrected chi connectivity index (χ3v) is 3.64. The summed E-state index contributed by atoms with van der Waals surface area (Å²) in [6, 6.07) is 9.67. The molecule has 0 aliphatic rings. The van der Waals surface area contributed by atoms with Gasteiger partial charge in [-0.2, -0.15) is 5.26 Å². The Labute approximate surface area is 129 Å². The Hall–Kier alpha value is -1.99. The van der Waals surface area contributed by atoms with Crippen LogP contribution in [0.15, 0.2) is 28.8 Å². The summed E-state index contributed by atoms with van der Waals surface area (Å²) < 4.78 is 10.7. The summed E-state index contributed by atoms with van der Waals surface area (Å²) in [5.74, 6) is 1.17. The molecule has 0 aliphatic carbocycles. The van der Waals surface area contributed by atoms with Gasteiger partial charge in [0.05, 0.1) is 29.3 Å². The molecular weight excluding hydrogens is 288 g/mol. The van der Waals surface area contributed by atoms with E-state index in [1.807, 2.05) is 32.0 Å². The Balaban J connectivity index is 1.88. The van der Waals surface area contributed by atoms with E-state index in [1.54, 1.807) is 6.07 Å². The molecule has 1 heterocycles. The number of halogens is 1. The lowest BCUT2D eigenvalue weighted by Gasteiger charge is -2.10. The normalized spacial score (nSPS) is 11.9. The Morgan fingerprint density at radius 1 is 1.38 bits per heavy atom. The van der Waals surface area contributed by atoms with Crippen molar-refractivity contribution in [3.8, 4) is 11.8 Å². The number of para-hydroxylation sites is 1. The van der Waals surface area contributed by atoms with Gasteiger partial charge in [0.15, 0.2) is 0 Å². The number of nitriles is 1. The second-order valence-electron chi connectivity index (χ2n) is 4.84. The minimum absolute atomic E-state index is 0.217. The van der Waals surface area contributed by atoms with Crippen molar-refractivity contribution < 1.29 is 9.26 Å². The SMILES string of the molecule is Cc1noc(C)c1C(C#N)CCCOc1ccccc1Cl. The summed E-state index contributed by atoms with van der Waals surface area (Å²) in [5.41, 5.74) is 1.68. The molecule has 0 saturated carbocycles. The predicted octanol–water partition coefficient (Wildman–Crippen LogP) is 4.41. The van der Waals surface area contributed by atoms with Gasteiger partial charge in [0, 0.05) is 5.56 Å². The van der Waals surface area contributed by atoms with E-state index in [0.29, 0.717) is 29.6 Å². The average molecular weight is 305 g/mol. The van der Waals surface area contributed by atoms with Crippen LogP contribution in [0.3, 0.4) is 0 Å². The molecule has 1 aromatic heterocycles. The molecule has 110 valence electrons. The minimum Gasteiger partial charge on any atom is -0.492 e. The molecule has 2 rings (SSSR count). The first-order valence-corrected chi connectivity index (χ1v) is 7.21. The van der Waals surface area contributed by atoms with Crippen LogP contribution in [0.25, 0.3) is 0 Å². The number of benzene rings is 1. The zero-order chi connectivity index (χ0) is 15.2. The van der Waals surface area contributed by atoms with Crippen LogP contribution in [0, 0.1) is 25.2 Å². The molecular formula is C16H17ClN2O2. The van der Waals surface area contributed by atoms with Crippen LogP contribution >= 0.6 is 11.6 Å². The highest BCUT2D eigenvalue weighted by molar-refractivity contribution is 6.32. The van der Waals surface area contributed by atoms with Gasteiger partial charge in [0.25, 0.3) is 0 Å². The highest BCUT2D eigenvalue weighted by Gasteiger charge is 2.19. The summed E-state index contributed by atoms with van der Waals surface area (Å²) in [6.45, 7) is 4.21. The lowest BCUT2D eigenvalue weighted by molar-refractivity contribution is 0.305. The highest BCUT2D eigenvalue weighted by atomic mass is 35.5. The molecule has 0 amide bonds. The number of aromatic nitrogens is 1. The Morgan fingerprint density at radius 3 is 2.76 bits per heavy atom. The van der Waals surface area contributed by atoms with Crippen molar-refractivity contribution in [1.29, 1.82) is 5.26 Å². The number of ether oxygens (including phenoxy) is 1. The Kier molecular flexibility index (Phi) is 5.24. The average Bonchev–Trinajstić information content (AvgIpc) is 2.81. The first kappa shape index (κ1) is 15.4. The third kappa shape index (κ3) is 3.77. The van der Waals surface area contributed by atoms with Crippen LogP contribution in [0.1, 0.15) is 35.8 Å². The number of aryl methyl sites for hydroxylation is 2. The predicted molar refractivity (Wildman–Crippen MR) is 80.5 cm³/mol. The van der Waals surface area contributed by atoms with Crippen molar-refractivity contribution in [2.75, 3.05) is 6.61 Å². The van der Waals surface area contributed by atoms with Crippen molar-refractivity contribution >= 4 is 11.6 Å². The fourth-order valence-corrected chi connectivity index (χ4v) is 2.48. The van der Waals surface area contributed by atoms with Gasteiger partial charge in [-0.3, -0.25) is 0 Å². The molecule has 0 fully saturated rings. The van der Waals surface area contributed by atoms with Crippen molar-refractivity contribution in [1.82, 2.24) is 5.16 Å². The summed E-state index contributed by atoms with van der Waals surface area (Å²) in [6.07, 6.45) is 1.46. The van der Waals surface area contributed by atoms with E-state index in [2.05, 4.69) is 11.2 Å². The minimum atomic E-state index is -0.217. The molecule has 21 heavy (non-hydrogen) atoms. The maximum atomic E-state index is 9.33. The van der Waals surface area contributed by atoms with E-state index in [0.717, 1.165) is 17.7 Å². The lowest BCUT2D eigenvalue weighted by atomic mass is 9.94. The van der Waals surface area contributed by atoms with Crippen molar-refractivity contribution in [2.45, 2.75) is 32.6 Å². The second-order valence-corrected chi connectivity index (χ2v) is 5.25. The zero-order valence-corrected chi connectivity index (χ0v) is 12.9. The summed E-state index contributed by atoms with van der Waals surface area (Å²) in [5, 5.41) is 13.8. The van der Waals surface area contributed by atoms with E-state index < -0.39 is 0 Å². The van der Waals surface area contributed by atoms with Gasteiger partial charge in [-0.25, -0.2) is 0 Å². The molecule has 1 aromatic carbocycles. The first-order chi connectivity index (χ1) is 10.1. The van der Waals surface area contributed by atoms with E-state index in [4.69, 9.17) is 20.9 Å². The van der Waals surface area contributed by atoms with Gasteiger partial charge in [-0.05, 0) is 38.8 Å². The van der Waals surface area contributed by atoms with Crippen molar-refractivity contribution in [3.63, 3.8) is 0 Å². The van der Waals surface area contributed by atoms with Gasteiger partial charge in [-0.1, -0.05) is 28.9 Å². The number of nitrogens with zero attached hydrogens (tertiary/aromatic N) is 2. The van der Waals surface area contributed by atoms with E-state index in [9.17, 15) is 5.26 Å². The van der Waals surface area contributed by atoms with Gasteiger partial charge < -0.3 is 9.26 Å². The maximum absolute atomic E-state index is 9.33. The molecule has 0 aliphatic heterocycles. The highest BCUT2D eigenvalue weighted by Crippen LogP contribution is 2.27. The fourth-order valence-electron chi connectivity index (χ4n) is 2.29. The van der Waals surface area contributed by atoms with Crippen LogP contribution in [0.4, 0.5) is 0 Å². The molecule has 2 aromatic rings. The summed E-state index contributed by atoms with van der Waals surface area (Å²) in [4.78, 5) is 0. The molecule has 0 saturated heterocycles. The molecule has 1 atom stereocenters. The molecule has 0 bridgehead atoms. The Bertz CT molecular complexity index is 626. The van der Waals surface area contributed by atoms with Crippen molar-refractivity contribution in [3.05, 3.63) is 46.3 Å². The standard InChI is InChI=1S/C16H17ClN2O2/c1-11-16(12(2)21-19-11)13(10-18)6-5-9-20-15-8-4-3-7-14(15)17/h3-4,7-8,13H,5-6,9H2,1-2H3. The van der Waals surface area contributed by atoms with Crippen LogP contribution in [0.5, 0.6) is 5.75 Å². The number of hydrogen-bond acceptors (Lipinski definition) is 4.